The van der Waals surface area contributed by atoms with Crippen molar-refractivity contribution in [3.05, 3.63) is 69.6 Å². The molecule has 3 nitrogen and oxygen atoms in total. The molecule has 0 unspecified atom stereocenters. The van der Waals surface area contributed by atoms with Gasteiger partial charge in [0.15, 0.2) is 5.17 Å². The van der Waals surface area contributed by atoms with Crippen LogP contribution in [0.3, 0.4) is 0 Å². The van der Waals surface area contributed by atoms with Gasteiger partial charge in [-0.3, -0.25) is 4.79 Å². The lowest BCUT2D eigenvalue weighted by Crippen LogP contribution is -2.19. The minimum absolute atomic E-state index is 0.0553. The summed E-state index contributed by atoms with van der Waals surface area (Å²) < 4.78 is 38.4. The molecular formula is C17H10ClF3N2OS. The van der Waals surface area contributed by atoms with Crippen molar-refractivity contribution in [2.75, 3.05) is 0 Å². The number of carbonyl (C=O) groups excluding carboxylic acids is 1. The standard InChI is InChI=1S/C17H10ClF3N2OS/c18-12-7-6-11(17(19,20)21)9-13(12)22-16-23-15(24)14(25-16)8-10-4-2-1-3-5-10/h1-9H,(H,22,23,24). The Morgan fingerprint density at radius 1 is 1.12 bits per heavy atom. The van der Waals surface area contributed by atoms with Crippen LogP contribution in [0.25, 0.3) is 6.08 Å². The number of amides is 1. The van der Waals surface area contributed by atoms with Crippen molar-refractivity contribution in [1.82, 2.24) is 5.32 Å². The summed E-state index contributed by atoms with van der Waals surface area (Å²) in [6.45, 7) is 0. The van der Waals surface area contributed by atoms with E-state index in [0.717, 1.165) is 35.5 Å². The number of thioether (sulfide) groups is 1. The molecule has 0 bridgehead atoms. The second-order valence-electron chi connectivity index (χ2n) is 5.06. The fraction of sp³-hybridized carbons (Fsp3) is 0.0588. The fourth-order valence-corrected chi connectivity index (χ4v) is 3.06. The third kappa shape index (κ3) is 4.24. The molecule has 1 aliphatic heterocycles. The number of aliphatic imine (C=N–C) groups is 1. The van der Waals surface area contributed by atoms with E-state index < -0.39 is 11.7 Å². The van der Waals surface area contributed by atoms with Gasteiger partial charge in [0.05, 0.1) is 21.2 Å². The van der Waals surface area contributed by atoms with E-state index in [-0.39, 0.29) is 21.8 Å². The van der Waals surface area contributed by atoms with Gasteiger partial charge in [0.2, 0.25) is 0 Å². The van der Waals surface area contributed by atoms with Crippen LogP contribution in [0, 0.1) is 0 Å². The molecule has 25 heavy (non-hydrogen) atoms. The summed E-state index contributed by atoms with van der Waals surface area (Å²) in [4.78, 5) is 16.4. The smallest absolute Gasteiger partial charge is 0.300 e. The highest BCUT2D eigenvalue weighted by Crippen LogP contribution is 2.36. The molecule has 3 rings (SSSR count). The molecule has 1 N–H and O–H groups in total. The normalized spacial score (nSPS) is 18.0. The number of halogens is 4. The molecule has 8 heteroatoms. The van der Waals surface area contributed by atoms with Gasteiger partial charge in [-0.25, -0.2) is 4.99 Å². The van der Waals surface area contributed by atoms with Crippen LogP contribution < -0.4 is 5.32 Å². The number of nitrogens with one attached hydrogen (secondary N) is 1. The van der Waals surface area contributed by atoms with Crippen LogP contribution in [0.4, 0.5) is 18.9 Å². The molecule has 0 radical (unpaired) electrons. The summed E-state index contributed by atoms with van der Waals surface area (Å²) in [5.41, 5.74) is -0.0793. The molecule has 0 aliphatic carbocycles. The quantitative estimate of drug-likeness (QED) is 0.721. The molecule has 0 saturated carbocycles. The van der Waals surface area contributed by atoms with Gasteiger partial charge in [-0.1, -0.05) is 41.9 Å². The molecule has 1 fully saturated rings. The summed E-state index contributed by atoms with van der Waals surface area (Å²) in [7, 11) is 0. The molecular weight excluding hydrogens is 373 g/mol. The highest BCUT2D eigenvalue weighted by atomic mass is 35.5. The SMILES string of the molecule is O=C1NC(=Nc2cc(C(F)(F)F)ccc2Cl)SC1=Cc1ccccc1. The average Bonchev–Trinajstić information content (AvgIpc) is 2.89. The zero-order chi connectivity index (χ0) is 18.0. The number of amidine groups is 1. The van der Waals surface area contributed by atoms with E-state index in [2.05, 4.69) is 10.3 Å². The number of carbonyl (C=O) groups is 1. The van der Waals surface area contributed by atoms with Gasteiger partial charge in [0.1, 0.15) is 0 Å². The lowest BCUT2D eigenvalue weighted by Gasteiger charge is -2.08. The lowest BCUT2D eigenvalue weighted by molar-refractivity contribution is -0.137. The van der Waals surface area contributed by atoms with Crippen molar-refractivity contribution < 1.29 is 18.0 Å². The Hall–Kier alpha value is -2.25. The van der Waals surface area contributed by atoms with Crippen LogP contribution in [-0.2, 0) is 11.0 Å². The van der Waals surface area contributed by atoms with Gasteiger partial charge in [0.25, 0.3) is 5.91 Å². The van der Waals surface area contributed by atoms with E-state index in [9.17, 15) is 18.0 Å². The van der Waals surface area contributed by atoms with Crippen molar-refractivity contribution in [3.63, 3.8) is 0 Å². The Balaban J connectivity index is 1.89. The Morgan fingerprint density at radius 2 is 1.84 bits per heavy atom. The summed E-state index contributed by atoms with van der Waals surface area (Å²) in [5, 5.41) is 2.76. The first kappa shape index (κ1) is 17.6. The highest BCUT2D eigenvalue weighted by Gasteiger charge is 2.31. The first-order valence-corrected chi connectivity index (χ1v) is 8.24. The lowest BCUT2D eigenvalue weighted by atomic mass is 10.2. The predicted octanol–water partition coefficient (Wildman–Crippen LogP) is 5.25. The van der Waals surface area contributed by atoms with Crippen molar-refractivity contribution in [2.45, 2.75) is 6.18 Å². The first-order chi connectivity index (χ1) is 11.8. The van der Waals surface area contributed by atoms with Crippen LogP contribution in [0.2, 0.25) is 5.02 Å². The number of hydrogen-bond donors (Lipinski definition) is 1. The summed E-state index contributed by atoms with van der Waals surface area (Å²) in [6.07, 6.45) is -2.82. The van der Waals surface area contributed by atoms with Gasteiger partial charge in [-0.2, -0.15) is 13.2 Å². The minimum Gasteiger partial charge on any atom is -0.300 e. The predicted molar refractivity (Wildman–Crippen MR) is 93.7 cm³/mol. The molecule has 2 aromatic carbocycles. The average molecular weight is 383 g/mol. The van der Waals surface area contributed by atoms with Gasteiger partial charge >= 0.3 is 6.18 Å². The van der Waals surface area contributed by atoms with E-state index in [0.29, 0.717) is 4.91 Å². The zero-order valence-corrected chi connectivity index (χ0v) is 14.0. The Kier molecular flexibility index (Phi) is 4.87. The maximum absolute atomic E-state index is 12.8. The van der Waals surface area contributed by atoms with E-state index in [1.54, 1.807) is 6.08 Å². The number of nitrogens with zero attached hydrogens (tertiary/aromatic N) is 1. The number of hydrogen-bond acceptors (Lipinski definition) is 3. The summed E-state index contributed by atoms with van der Waals surface area (Å²) in [6, 6.07) is 12.0. The Labute approximate surface area is 150 Å². The first-order valence-electron chi connectivity index (χ1n) is 7.04. The van der Waals surface area contributed by atoms with Crippen LogP contribution in [0.15, 0.2) is 58.4 Å². The molecule has 1 amide bonds. The Morgan fingerprint density at radius 3 is 2.52 bits per heavy atom. The molecule has 1 aliphatic rings. The maximum atomic E-state index is 12.8. The number of benzene rings is 2. The number of rotatable bonds is 2. The maximum Gasteiger partial charge on any atom is 0.416 e. The van der Waals surface area contributed by atoms with Crippen molar-refractivity contribution in [2.24, 2.45) is 4.99 Å². The van der Waals surface area contributed by atoms with E-state index in [1.165, 1.54) is 0 Å². The highest BCUT2D eigenvalue weighted by molar-refractivity contribution is 8.18. The molecule has 2 aromatic rings. The molecule has 0 atom stereocenters. The van der Waals surface area contributed by atoms with Crippen molar-refractivity contribution >= 4 is 46.2 Å². The van der Waals surface area contributed by atoms with E-state index in [4.69, 9.17) is 11.6 Å². The van der Waals surface area contributed by atoms with Crippen LogP contribution >= 0.6 is 23.4 Å². The van der Waals surface area contributed by atoms with Crippen LogP contribution in [0.1, 0.15) is 11.1 Å². The second-order valence-corrected chi connectivity index (χ2v) is 6.49. The minimum atomic E-state index is -4.50. The second kappa shape index (κ2) is 6.93. The monoisotopic (exact) mass is 382 g/mol. The summed E-state index contributed by atoms with van der Waals surface area (Å²) >= 11 is 6.96. The zero-order valence-electron chi connectivity index (χ0n) is 12.5. The fourth-order valence-electron chi connectivity index (χ4n) is 2.07. The van der Waals surface area contributed by atoms with Gasteiger partial charge in [-0.15, -0.1) is 0 Å². The molecule has 1 saturated heterocycles. The molecule has 0 spiro atoms. The van der Waals surface area contributed by atoms with Crippen LogP contribution in [0.5, 0.6) is 0 Å². The van der Waals surface area contributed by atoms with E-state index >= 15 is 0 Å². The van der Waals surface area contributed by atoms with Crippen LogP contribution in [-0.4, -0.2) is 11.1 Å². The van der Waals surface area contributed by atoms with Crippen molar-refractivity contribution in [3.8, 4) is 0 Å². The molecule has 1 heterocycles. The third-order valence-corrected chi connectivity index (χ3v) is 4.47. The molecule has 128 valence electrons. The largest absolute Gasteiger partial charge is 0.416 e. The summed E-state index contributed by atoms with van der Waals surface area (Å²) in [5.74, 6) is -0.365. The Bertz CT molecular complexity index is 879. The van der Waals surface area contributed by atoms with Gasteiger partial charge in [-0.05, 0) is 41.6 Å². The molecule has 0 aromatic heterocycles. The van der Waals surface area contributed by atoms with Gasteiger partial charge in [0, 0.05) is 0 Å². The third-order valence-electron chi connectivity index (χ3n) is 3.24. The van der Waals surface area contributed by atoms with Crippen molar-refractivity contribution in [1.29, 1.82) is 0 Å². The van der Waals surface area contributed by atoms with E-state index in [1.807, 2.05) is 30.3 Å². The van der Waals surface area contributed by atoms with Gasteiger partial charge < -0.3 is 5.32 Å². The number of alkyl halides is 3. The topological polar surface area (TPSA) is 41.5 Å².